The molecule has 0 amide bonds. The van der Waals surface area contributed by atoms with Crippen molar-refractivity contribution in [2.24, 2.45) is 0 Å². The predicted octanol–water partition coefficient (Wildman–Crippen LogP) is 3.63. The number of ether oxygens (including phenoxy) is 2. The monoisotopic (exact) mass is 441 g/mol. The summed E-state index contributed by atoms with van der Waals surface area (Å²) in [6.07, 6.45) is 2.23. The van der Waals surface area contributed by atoms with Crippen molar-refractivity contribution in [1.82, 2.24) is 24.8 Å². The van der Waals surface area contributed by atoms with E-state index in [1.807, 2.05) is 51.1 Å². The maximum absolute atomic E-state index is 13.0. The molecule has 9 heteroatoms. The highest BCUT2D eigenvalue weighted by atomic mass is 32.2. The van der Waals surface area contributed by atoms with Crippen LogP contribution in [-0.4, -0.2) is 55.6 Å². The summed E-state index contributed by atoms with van der Waals surface area (Å²) >= 11 is 1.36. The quantitative estimate of drug-likeness (QED) is 0.370. The lowest BCUT2D eigenvalue weighted by molar-refractivity contribution is 0.0912. The van der Waals surface area contributed by atoms with Crippen LogP contribution in [0.1, 0.15) is 41.5 Å². The van der Waals surface area contributed by atoms with Gasteiger partial charge >= 0.3 is 0 Å². The zero-order chi connectivity index (χ0) is 21.8. The van der Waals surface area contributed by atoms with Crippen molar-refractivity contribution in [2.75, 3.05) is 19.0 Å². The number of Topliss-reactive ketones (excluding diaryl/α,β-unsaturated/α-hetero) is 1. The number of ketones is 1. The molecule has 1 aliphatic rings. The van der Waals surface area contributed by atoms with Gasteiger partial charge in [-0.2, -0.15) is 0 Å². The molecule has 1 saturated heterocycles. The van der Waals surface area contributed by atoms with Crippen LogP contribution in [0.15, 0.2) is 35.5 Å². The maximum atomic E-state index is 13.0. The molecule has 0 spiro atoms. The summed E-state index contributed by atoms with van der Waals surface area (Å²) in [7, 11) is 0. The van der Waals surface area contributed by atoms with Crippen LogP contribution in [-0.2, 0) is 11.3 Å². The smallest absolute Gasteiger partial charge is 0.209 e. The Morgan fingerprint density at radius 3 is 2.81 bits per heavy atom. The Labute approximate surface area is 185 Å². The average molecular weight is 442 g/mol. The lowest BCUT2D eigenvalue weighted by Crippen LogP contribution is -2.17. The second-order valence-corrected chi connectivity index (χ2v) is 8.48. The van der Waals surface area contributed by atoms with Gasteiger partial charge in [-0.1, -0.05) is 11.8 Å². The third-order valence-electron chi connectivity index (χ3n) is 5.37. The molecule has 0 N–H and O–H groups in total. The first-order valence-electron chi connectivity index (χ1n) is 10.5. The zero-order valence-electron chi connectivity index (χ0n) is 18.1. The summed E-state index contributed by atoms with van der Waals surface area (Å²) in [6.45, 7) is 7.99. The first-order chi connectivity index (χ1) is 15.1. The number of carbonyl (C=O) groups excluding carboxylic acids is 1. The number of nitrogens with zero attached hydrogens (tertiary/aromatic N) is 5. The van der Waals surface area contributed by atoms with Crippen LogP contribution in [0.5, 0.6) is 5.75 Å². The summed E-state index contributed by atoms with van der Waals surface area (Å²) in [5, 5.41) is 12.5. The normalized spacial score (nSPS) is 16.0. The number of thioether (sulfide) groups is 1. The van der Waals surface area contributed by atoms with E-state index in [2.05, 4.69) is 20.1 Å². The Balaban J connectivity index is 1.45. The minimum Gasteiger partial charge on any atom is -0.494 e. The van der Waals surface area contributed by atoms with Gasteiger partial charge in [-0.05, 0) is 74.4 Å². The minimum atomic E-state index is 0.0574. The van der Waals surface area contributed by atoms with Crippen molar-refractivity contribution in [2.45, 2.75) is 51.4 Å². The van der Waals surface area contributed by atoms with E-state index in [-0.39, 0.29) is 17.6 Å². The molecule has 31 heavy (non-hydrogen) atoms. The molecule has 8 nitrogen and oxygen atoms in total. The fourth-order valence-corrected chi connectivity index (χ4v) is 4.67. The van der Waals surface area contributed by atoms with Gasteiger partial charge in [-0.3, -0.25) is 4.79 Å². The van der Waals surface area contributed by atoms with Crippen LogP contribution < -0.4 is 4.74 Å². The van der Waals surface area contributed by atoms with Gasteiger partial charge in [0.25, 0.3) is 0 Å². The van der Waals surface area contributed by atoms with Crippen molar-refractivity contribution >= 4 is 17.5 Å². The molecule has 1 aromatic carbocycles. The molecule has 0 bridgehead atoms. The van der Waals surface area contributed by atoms with E-state index in [1.54, 1.807) is 4.68 Å². The van der Waals surface area contributed by atoms with Crippen molar-refractivity contribution in [3.05, 3.63) is 47.3 Å². The molecule has 0 radical (unpaired) electrons. The molecule has 1 unspecified atom stereocenters. The summed E-state index contributed by atoms with van der Waals surface area (Å²) < 4.78 is 15.0. The SMILES string of the molecule is CCOc1ccc(-n2c(C)cc(C(=O)CSc3nnnn3CC3CCCO3)c2C)cc1. The number of aromatic nitrogens is 5. The second kappa shape index (κ2) is 9.65. The van der Waals surface area contributed by atoms with Crippen LogP contribution in [0.3, 0.4) is 0 Å². The molecule has 1 fully saturated rings. The van der Waals surface area contributed by atoms with Gasteiger partial charge in [0.05, 0.1) is 25.0 Å². The average Bonchev–Trinajstić information content (AvgIpc) is 3.49. The van der Waals surface area contributed by atoms with Crippen LogP contribution in [0.4, 0.5) is 0 Å². The van der Waals surface area contributed by atoms with E-state index in [1.165, 1.54) is 11.8 Å². The molecule has 2 aromatic heterocycles. The fourth-order valence-electron chi connectivity index (χ4n) is 3.90. The van der Waals surface area contributed by atoms with Gasteiger partial charge in [0.1, 0.15) is 5.75 Å². The van der Waals surface area contributed by atoms with Crippen LogP contribution in [0.2, 0.25) is 0 Å². The molecule has 0 saturated carbocycles. The molecule has 164 valence electrons. The third-order valence-corrected chi connectivity index (χ3v) is 6.33. The van der Waals surface area contributed by atoms with Crippen LogP contribution in [0, 0.1) is 13.8 Å². The lowest BCUT2D eigenvalue weighted by Gasteiger charge is -2.11. The highest BCUT2D eigenvalue weighted by Gasteiger charge is 2.21. The Hall–Kier alpha value is -2.65. The van der Waals surface area contributed by atoms with E-state index in [0.717, 1.165) is 47.8 Å². The summed E-state index contributed by atoms with van der Waals surface area (Å²) in [5.74, 6) is 1.17. The van der Waals surface area contributed by atoms with Crippen LogP contribution in [0.25, 0.3) is 5.69 Å². The first-order valence-corrected chi connectivity index (χ1v) is 11.5. The number of carbonyl (C=O) groups is 1. The maximum Gasteiger partial charge on any atom is 0.209 e. The Morgan fingerprint density at radius 1 is 1.29 bits per heavy atom. The predicted molar refractivity (Wildman–Crippen MR) is 118 cm³/mol. The number of tetrazole rings is 1. The zero-order valence-corrected chi connectivity index (χ0v) is 18.9. The molecule has 3 heterocycles. The third kappa shape index (κ3) is 4.83. The Bertz CT molecular complexity index is 1040. The number of hydrogen-bond donors (Lipinski definition) is 0. The number of hydrogen-bond acceptors (Lipinski definition) is 7. The van der Waals surface area contributed by atoms with Gasteiger partial charge < -0.3 is 14.0 Å². The van der Waals surface area contributed by atoms with Crippen LogP contribution >= 0.6 is 11.8 Å². The van der Waals surface area contributed by atoms with Crippen molar-refractivity contribution in [3.63, 3.8) is 0 Å². The number of rotatable bonds is 9. The molecular formula is C22H27N5O3S. The van der Waals surface area contributed by atoms with E-state index in [0.29, 0.717) is 18.3 Å². The number of benzene rings is 1. The van der Waals surface area contributed by atoms with Crippen molar-refractivity contribution < 1.29 is 14.3 Å². The summed E-state index contributed by atoms with van der Waals surface area (Å²) in [5.41, 5.74) is 3.66. The molecule has 1 atom stereocenters. The van der Waals surface area contributed by atoms with E-state index < -0.39 is 0 Å². The highest BCUT2D eigenvalue weighted by Crippen LogP contribution is 2.25. The van der Waals surface area contributed by atoms with Gasteiger partial charge in [0, 0.05) is 29.2 Å². The summed E-state index contributed by atoms with van der Waals surface area (Å²) in [6, 6.07) is 9.86. The lowest BCUT2D eigenvalue weighted by atomic mass is 10.2. The summed E-state index contributed by atoms with van der Waals surface area (Å²) in [4.78, 5) is 13.0. The molecule has 0 aliphatic carbocycles. The topological polar surface area (TPSA) is 84.1 Å². The number of aryl methyl sites for hydroxylation is 1. The van der Waals surface area contributed by atoms with Gasteiger partial charge in [0.2, 0.25) is 5.16 Å². The van der Waals surface area contributed by atoms with Crippen molar-refractivity contribution in [1.29, 1.82) is 0 Å². The van der Waals surface area contributed by atoms with E-state index >= 15 is 0 Å². The second-order valence-electron chi connectivity index (χ2n) is 7.54. The van der Waals surface area contributed by atoms with Gasteiger partial charge in [0.15, 0.2) is 5.78 Å². The standard InChI is InChI=1S/C22H27N5O3S/c1-4-29-18-9-7-17(8-10-18)27-15(2)12-20(16(27)3)21(28)14-31-22-23-24-25-26(22)13-19-6-5-11-30-19/h7-10,12,19H,4-6,11,13-14H2,1-3H3. The highest BCUT2D eigenvalue weighted by molar-refractivity contribution is 7.99. The fraction of sp³-hybridized carbons (Fsp3) is 0.455. The Kier molecular flexibility index (Phi) is 6.72. The van der Waals surface area contributed by atoms with E-state index in [9.17, 15) is 4.79 Å². The Morgan fingerprint density at radius 2 is 2.10 bits per heavy atom. The molecular weight excluding hydrogens is 414 g/mol. The molecule has 4 rings (SSSR count). The molecule has 1 aliphatic heterocycles. The largest absolute Gasteiger partial charge is 0.494 e. The first kappa shape index (κ1) is 21.6. The molecule has 3 aromatic rings. The van der Waals surface area contributed by atoms with Gasteiger partial charge in [-0.25, -0.2) is 4.68 Å². The van der Waals surface area contributed by atoms with Crippen molar-refractivity contribution in [3.8, 4) is 11.4 Å². The van der Waals surface area contributed by atoms with E-state index in [4.69, 9.17) is 9.47 Å². The minimum absolute atomic E-state index is 0.0574. The van der Waals surface area contributed by atoms with Gasteiger partial charge in [-0.15, -0.1) is 5.10 Å².